The molecule has 0 atom stereocenters. The van der Waals surface area contributed by atoms with E-state index in [0.29, 0.717) is 19.5 Å². The number of nitrogens with zero attached hydrogens (tertiary/aromatic N) is 1. The number of halogens is 2. The van der Waals surface area contributed by atoms with Crippen molar-refractivity contribution in [1.82, 2.24) is 4.90 Å². The van der Waals surface area contributed by atoms with Crippen LogP contribution in [0.15, 0.2) is 18.2 Å². The standard InChI is InChI=1S/C15H19F2NO2/c1-15(2,3)20-14(19)18-7-6-10-4-5-11(13(16)17)8-12(10)9-18/h4-5,8,13H,6-7,9H2,1-3H3. The third kappa shape index (κ3) is 3.46. The van der Waals surface area contributed by atoms with Crippen molar-refractivity contribution >= 4 is 6.09 Å². The molecule has 110 valence electrons. The molecule has 0 bridgehead atoms. The van der Waals surface area contributed by atoms with Crippen LogP contribution in [0.4, 0.5) is 13.6 Å². The smallest absolute Gasteiger partial charge is 0.410 e. The molecule has 0 N–H and O–H groups in total. The maximum absolute atomic E-state index is 12.7. The molecule has 1 heterocycles. The minimum Gasteiger partial charge on any atom is -0.444 e. The van der Waals surface area contributed by atoms with Gasteiger partial charge >= 0.3 is 6.09 Å². The number of amides is 1. The Morgan fingerprint density at radius 1 is 1.30 bits per heavy atom. The molecule has 0 saturated carbocycles. The molecule has 0 saturated heterocycles. The number of carbonyl (C=O) groups excluding carboxylic acids is 1. The topological polar surface area (TPSA) is 29.5 Å². The van der Waals surface area contributed by atoms with Crippen LogP contribution in [0, 0.1) is 0 Å². The van der Waals surface area contributed by atoms with E-state index in [1.54, 1.807) is 31.7 Å². The van der Waals surface area contributed by atoms with Crippen molar-refractivity contribution in [3.8, 4) is 0 Å². The van der Waals surface area contributed by atoms with Gasteiger partial charge in [0, 0.05) is 18.7 Å². The molecule has 0 spiro atoms. The van der Waals surface area contributed by atoms with Gasteiger partial charge in [0.2, 0.25) is 0 Å². The van der Waals surface area contributed by atoms with Gasteiger partial charge in [-0.25, -0.2) is 13.6 Å². The Bertz CT molecular complexity index is 509. The summed E-state index contributed by atoms with van der Waals surface area (Å²) in [5.41, 5.74) is 1.24. The van der Waals surface area contributed by atoms with Crippen LogP contribution in [-0.2, 0) is 17.7 Å². The van der Waals surface area contributed by atoms with Gasteiger partial charge in [-0.3, -0.25) is 0 Å². The van der Waals surface area contributed by atoms with E-state index in [0.717, 1.165) is 11.1 Å². The first-order valence-corrected chi connectivity index (χ1v) is 6.64. The molecule has 1 aliphatic heterocycles. The normalized spacial score (nSPS) is 15.2. The van der Waals surface area contributed by atoms with E-state index in [1.807, 2.05) is 0 Å². The lowest BCUT2D eigenvalue weighted by Crippen LogP contribution is -2.39. The van der Waals surface area contributed by atoms with Crippen molar-refractivity contribution < 1.29 is 18.3 Å². The highest BCUT2D eigenvalue weighted by Gasteiger charge is 2.26. The lowest BCUT2D eigenvalue weighted by atomic mass is 9.98. The van der Waals surface area contributed by atoms with Crippen LogP contribution >= 0.6 is 0 Å². The van der Waals surface area contributed by atoms with E-state index in [1.165, 1.54) is 12.1 Å². The largest absolute Gasteiger partial charge is 0.444 e. The molecule has 1 amide bonds. The minimum absolute atomic E-state index is 0.00483. The van der Waals surface area contributed by atoms with Crippen LogP contribution in [0.2, 0.25) is 0 Å². The minimum atomic E-state index is -2.49. The molecule has 1 aliphatic rings. The van der Waals surface area contributed by atoms with Crippen LogP contribution in [0.5, 0.6) is 0 Å². The number of ether oxygens (including phenoxy) is 1. The Kier molecular flexibility index (Phi) is 3.97. The summed E-state index contributed by atoms with van der Waals surface area (Å²) in [5.74, 6) is 0. The summed E-state index contributed by atoms with van der Waals surface area (Å²) in [4.78, 5) is 13.6. The zero-order valence-electron chi connectivity index (χ0n) is 12.0. The second-order valence-electron chi connectivity index (χ2n) is 5.98. The number of hydrogen-bond acceptors (Lipinski definition) is 2. The Balaban J connectivity index is 2.13. The number of benzene rings is 1. The number of carbonyl (C=O) groups is 1. The Morgan fingerprint density at radius 3 is 2.60 bits per heavy atom. The second-order valence-corrected chi connectivity index (χ2v) is 5.98. The van der Waals surface area contributed by atoms with Gasteiger partial charge in [0.15, 0.2) is 0 Å². The summed E-state index contributed by atoms with van der Waals surface area (Å²) >= 11 is 0. The molecule has 20 heavy (non-hydrogen) atoms. The Hall–Kier alpha value is -1.65. The van der Waals surface area contributed by atoms with Crippen molar-refractivity contribution in [2.45, 2.75) is 45.8 Å². The van der Waals surface area contributed by atoms with Gasteiger partial charge < -0.3 is 9.64 Å². The maximum atomic E-state index is 12.7. The van der Waals surface area contributed by atoms with Gasteiger partial charge in [0.05, 0.1) is 0 Å². The zero-order chi connectivity index (χ0) is 14.9. The fourth-order valence-electron chi connectivity index (χ4n) is 2.20. The number of fused-ring (bicyclic) bond motifs is 1. The number of hydrogen-bond donors (Lipinski definition) is 0. The zero-order valence-corrected chi connectivity index (χ0v) is 12.0. The third-order valence-corrected chi connectivity index (χ3v) is 3.15. The van der Waals surface area contributed by atoms with Crippen LogP contribution in [0.1, 0.15) is 43.9 Å². The summed E-state index contributed by atoms with van der Waals surface area (Å²) < 4.78 is 30.7. The fraction of sp³-hybridized carbons (Fsp3) is 0.533. The average Bonchev–Trinajstić information content (AvgIpc) is 2.35. The fourth-order valence-corrected chi connectivity index (χ4v) is 2.20. The van der Waals surface area contributed by atoms with Crippen LogP contribution in [0.25, 0.3) is 0 Å². The molecule has 5 heteroatoms. The predicted molar refractivity (Wildman–Crippen MR) is 71.7 cm³/mol. The monoisotopic (exact) mass is 283 g/mol. The highest BCUT2D eigenvalue weighted by atomic mass is 19.3. The average molecular weight is 283 g/mol. The van der Waals surface area contributed by atoms with E-state index in [-0.39, 0.29) is 5.56 Å². The number of alkyl halides is 2. The molecule has 0 fully saturated rings. The van der Waals surface area contributed by atoms with Gasteiger partial charge in [0.25, 0.3) is 6.43 Å². The van der Waals surface area contributed by atoms with Crippen molar-refractivity contribution in [3.05, 3.63) is 34.9 Å². The molecule has 0 unspecified atom stereocenters. The summed E-state index contributed by atoms with van der Waals surface area (Å²) in [5, 5.41) is 0. The van der Waals surface area contributed by atoms with Crippen LogP contribution in [0.3, 0.4) is 0 Å². The molecule has 1 aromatic rings. The van der Waals surface area contributed by atoms with Gasteiger partial charge in [-0.05, 0) is 44.4 Å². The van der Waals surface area contributed by atoms with Crippen molar-refractivity contribution in [1.29, 1.82) is 0 Å². The van der Waals surface area contributed by atoms with Crippen LogP contribution < -0.4 is 0 Å². The van der Waals surface area contributed by atoms with E-state index < -0.39 is 18.1 Å². The van der Waals surface area contributed by atoms with E-state index >= 15 is 0 Å². The highest BCUT2D eigenvalue weighted by Crippen LogP contribution is 2.26. The summed E-state index contributed by atoms with van der Waals surface area (Å²) in [6, 6.07) is 4.66. The van der Waals surface area contributed by atoms with Crippen molar-refractivity contribution in [2.24, 2.45) is 0 Å². The van der Waals surface area contributed by atoms with Gasteiger partial charge in [0.1, 0.15) is 5.60 Å². The van der Waals surface area contributed by atoms with E-state index in [2.05, 4.69) is 0 Å². The Morgan fingerprint density at radius 2 is 2.00 bits per heavy atom. The first kappa shape index (κ1) is 14.8. The lowest BCUT2D eigenvalue weighted by Gasteiger charge is -2.31. The quantitative estimate of drug-likeness (QED) is 0.782. The molecule has 2 rings (SSSR count). The molecular weight excluding hydrogens is 264 g/mol. The molecule has 1 aromatic carbocycles. The molecule has 0 aromatic heterocycles. The maximum Gasteiger partial charge on any atom is 0.410 e. The van der Waals surface area contributed by atoms with Crippen molar-refractivity contribution in [3.63, 3.8) is 0 Å². The third-order valence-electron chi connectivity index (χ3n) is 3.15. The Labute approximate surface area is 117 Å². The lowest BCUT2D eigenvalue weighted by molar-refractivity contribution is 0.0224. The molecule has 3 nitrogen and oxygen atoms in total. The van der Waals surface area contributed by atoms with E-state index in [9.17, 15) is 13.6 Å². The molecule has 0 aliphatic carbocycles. The van der Waals surface area contributed by atoms with Gasteiger partial charge in [-0.15, -0.1) is 0 Å². The molecular formula is C15H19F2NO2. The second kappa shape index (κ2) is 5.38. The summed E-state index contributed by atoms with van der Waals surface area (Å²) in [6.45, 7) is 6.29. The predicted octanol–water partition coefficient (Wildman–Crippen LogP) is 3.92. The van der Waals surface area contributed by atoms with Crippen molar-refractivity contribution in [2.75, 3.05) is 6.54 Å². The highest BCUT2D eigenvalue weighted by molar-refractivity contribution is 5.68. The summed E-state index contributed by atoms with van der Waals surface area (Å²) in [7, 11) is 0. The first-order valence-electron chi connectivity index (χ1n) is 6.64. The SMILES string of the molecule is CC(C)(C)OC(=O)N1CCc2ccc(C(F)F)cc2C1. The molecule has 0 radical (unpaired) electrons. The van der Waals surface area contributed by atoms with Crippen LogP contribution in [-0.4, -0.2) is 23.1 Å². The van der Waals surface area contributed by atoms with Gasteiger partial charge in [-0.1, -0.05) is 12.1 Å². The van der Waals surface area contributed by atoms with Gasteiger partial charge in [-0.2, -0.15) is 0 Å². The summed E-state index contributed by atoms with van der Waals surface area (Å²) in [6.07, 6.45) is -2.22. The number of rotatable bonds is 1. The van der Waals surface area contributed by atoms with E-state index in [4.69, 9.17) is 4.74 Å². The first-order chi connectivity index (χ1) is 9.26.